The molecule has 0 radical (unpaired) electrons. The van der Waals surface area contributed by atoms with E-state index in [-0.39, 0.29) is 12.1 Å². The average Bonchev–Trinajstić information content (AvgIpc) is 2.42. The second-order valence-electron chi connectivity index (χ2n) is 5.13. The molecule has 2 atom stereocenters. The molecule has 2 aromatic rings. The second-order valence-corrected chi connectivity index (χ2v) is 5.57. The van der Waals surface area contributed by atoms with Crippen molar-refractivity contribution in [1.29, 1.82) is 0 Å². The van der Waals surface area contributed by atoms with Crippen LogP contribution >= 0.6 is 11.6 Å². The molecule has 2 rings (SSSR count). The lowest BCUT2D eigenvalue weighted by atomic mass is 10.0. The zero-order valence-corrected chi connectivity index (χ0v) is 12.6. The van der Waals surface area contributed by atoms with Gasteiger partial charge in [0.1, 0.15) is 0 Å². The Bertz CT molecular complexity index is 525. The summed E-state index contributed by atoms with van der Waals surface area (Å²) in [6.45, 7) is 2.84. The van der Waals surface area contributed by atoms with E-state index in [9.17, 15) is 0 Å². The molecule has 106 valence electrons. The fourth-order valence-corrected chi connectivity index (χ4v) is 2.61. The van der Waals surface area contributed by atoms with E-state index in [2.05, 4.69) is 23.0 Å². The summed E-state index contributed by atoms with van der Waals surface area (Å²) < 4.78 is 0. The smallest absolute Gasteiger partial charge is 0.0512 e. The molecule has 2 unspecified atom stereocenters. The minimum atomic E-state index is 0.0245. The number of nitrogens with two attached hydrogens (primary N) is 1. The van der Waals surface area contributed by atoms with Gasteiger partial charge >= 0.3 is 0 Å². The topological polar surface area (TPSA) is 42.1 Å². The van der Waals surface area contributed by atoms with Crippen molar-refractivity contribution in [3.05, 3.63) is 64.9 Å². The van der Waals surface area contributed by atoms with Crippen LogP contribution in [0.5, 0.6) is 0 Å². The first-order chi connectivity index (χ1) is 9.58. The first-order valence-electron chi connectivity index (χ1n) is 6.68. The van der Waals surface area contributed by atoms with Crippen LogP contribution in [-0.4, -0.2) is 23.0 Å². The van der Waals surface area contributed by atoms with Crippen molar-refractivity contribution < 1.29 is 0 Å². The van der Waals surface area contributed by atoms with Crippen molar-refractivity contribution in [2.45, 2.75) is 25.6 Å². The largest absolute Gasteiger partial charge is 0.326 e. The molecular formula is C16H20ClN3. The first kappa shape index (κ1) is 15.0. The summed E-state index contributed by atoms with van der Waals surface area (Å²) in [6, 6.07) is 12.1. The number of benzene rings is 1. The minimum Gasteiger partial charge on any atom is -0.326 e. The molecule has 0 aliphatic heterocycles. The summed E-state index contributed by atoms with van der Waals surface area (Å²) in [5, 5.41) is 0.757. The highest BCUT2D eigenvalue weighted by Gasteiger charge is 2.21. The second kappa shape index (κ2) is 6.84. The fraction of sp³-hybridized carbons (Fsp3) is 0.312. The number of pyridine rings is 1. The molecule has 0 fully saturated rings. The van der Waals surface area contributed by atoms with E-state index in [1.165, 1.54) is 5.56 Å². The third-order valence-corrected chi connectivity index (χ3v) is 3.60. The van der Waals surface area contributed by atoms with E-state index in [1.807, 2.05) is 43.5 Å². The van der Waals surface area contributed by atoms with Gasteiger partial charge in [0.2, 0.25) is 0 Å². The predicted octanol–water partition coefficient (Wildman–Crippen LogP) is 3.26. The predicted molar refractivity (Wildman–Crippen MR) is 83.5 cm³/mol. The van der Waals surface area contributed by atoms with Crippen molar-refractivity contribution in [3.8, 4) is 0 Å². The summed E-state index contributed by atoms with van der Waals surface area (Å²) >= 11 is 5.92. The SMILES string of the molecule is CC(N)C(c1cccnc1)N(C)Cc1ccc(Cl)cc1. The Balaban J connectivity index is 2.15. The molecule has 0 aliphatic carbocycles. The van der Waals surface area contributed by atoms with Gasteiger partial charge in [0.25, 0.3) is 0 Å². The number of halogens is 1. The number of nitrogens with zero attached hydrogens (tertiary/aromatic N) is 2. The number of likely N-dealkylation sites (N-methyl/N-ethyl adjacent to an activating group) is 1. The quantitative estimate of drug-likeness (QED) is 0.919. The fourth-order valence-electron chi connectivity index (χ4n) is 2.49. The Morgan fingerprint density at radius 1 is 1.25 bits per heavy atom. The zero-order valence-electron chi connectivity index (χ0n) is 11.8. The van der Waals surface area contributed by atoms with Crippen LogP contribution in [0.15, 0.2) is 48.8 Å². The molecule has 0 amide bonds. The van der Waals surface area contributed by atoms with Crippen molar-refractivity contribution in [2.24, 2.45) is 5.73 Å². The van der Waals surface area contributed by atoms with Crippen molar-refractivity contribution in [1.82, 2.24) is 9.88 Å². The number of hydrogen-bond acceptors (Lipinski definition) is 3. The summed E-state index contributed by atoms with van der Waals surface area (Å²) in [6.07, 6.45) is 3.66. The Morgan fingerprint density at radius 2 is 1.95 bits per heavy atom. The third kappa shape index (κ3) is 3.79. The highest BCUT2D eigenvalue weighted by atomic mass is 35.5. The Hall–Kier alpha value is -1.42. The van der Waals surface area contributed by atoms with Gasteiger partial charge in [-0.15, -0.1) is 0 Å². The molecule has 0 saturated heterocycles. The normalized spacial score (nSPS) is 14.2. The lowest BCUT2D eigenvalue weighted by Crippen LogP contribution is -2.37. The van der Waals surface area contributed by atoms with E-state index < -0.39 is 0 Å². The van der Waals surface area contributed by atoms with Crippen LogP contribution in [0.25, 0.3) is 0 Å². The lowest BCUT2D eigenvalue weighted by Gasteiger charge is -2.31. The summed E-state index contributed by atoms with van der Waals surface area (Å²) in [5.41, 5.74) is 8.51. The summed E-state index contributed by atoms with van der Waals surface area (Å²) in [5.74, 6) is 0. The number of hydrogen-bond donors (Lipinski definition) is 1. The maximum atomic E-state index is 6.16. The van der Waals surface area contributed by atoms with Gasteiger partial charge in [0.05, 0.1) is 6.04 Å². The molecule has 3 nitrogen and oxygen atoms in total. The molecule has 1 heterocycles. The zero-order chi connectivity index (χ0) is 14.5. The van der Waals surface area contributed by atoms with Crippen LogP contribution in [0.4, 0.5) is 0 Å². The molecule has 0 spiro atoms. The van der Waals surface area contributed by atoms with Gasteiger partial charge in [-0.25, -0.2) is 0 Å². The van der Waals surface area contributed by atoms with E-state index >= 15 is 0 Å². The first-order valence-corrected chi connectivity index (χ1v) is 7.06. The highest BCUT2D eigenvalue weighted by Crippen LogP contribution is 2.23. The van der Waals surface area contributed by atoms with Crippen LogP contribution in [0.3, 0.4) is 0 Å². The van der Waals surface area contributed by atoms with Crippen molar-refractivity contribution in [2.75, 3.05) is 7.05 Å². The summed E-state index contributed by atoms with van der Waals surface area (Å²) in [4.78, 5) is 6.43. The Morgan fingerprint density at radius 3 is 2.50 bits per heavy atom. The van der Waals surface area contributed by atoms with Gasteiger partial charge in [-0.2, -0.15) is 0 Å². The average molecular weight is 290 g/mol. The monoisotopic (exact) mass is 289 g/mol. The van der Waals surface area contributed by atoms with Gasteiger partial charge in [0, 0.05) is 30.0 Å². The Kier molecular flexibility index (Phi) is 5.12. The van der Waals surface area contributed by atoms with Crippen LogP contribution in [-0.2, 0) is 6.54 Å². The molecule has 0 saturated carbocycles. The van der Waals surface area contributed by atoms with Crippen molar-refractivity contribution >= 4 is 11.6 Å². The van der Waals surface area contributed by atoms with Crippen LogP contribution in [0.1, 0.15) is 24.1 Å². The number of aromatic nitrogens is 1. The molecule has 2 N–H and O–H groups in total. The third-order valence-electron chi connectivity index (χ3n) is 3.34. The lowest BCUT2D eigenvalue weighted by molar-refractivity contribution is 0.210. The van der Waals surface area contributed by atoms with E-state index in [0.29, 0.717) is 0 Å². The maximum Gasteiger partial charge on any atom is 0.0512 e. The van der Waals surface area contributed by atoms with E-state index in [1.54, 1.807) is 6.20 Å². The van der Waals surface area contributed by atoms with Gasteiger partial charge in [0.15, 0.2) is 0 Å². The van der Waals surface area contributed by atoms with Gasteiger partial charge in [-0.05, 0) is 43.3 Å². The maximum absolute atomic E-state index is 6.16. The van der Waals surface area contributed by atoms with Crippen LogP contribution < -0.4 is 5.73 Å². The van der Waals surface area contributed by atoms with Gasteiger partial charge in [-0.3, -0.25) is 9.88 Å². The highest BCUT2D eigenvalue weighted by molar-refractivity contribution is 6.30. The Labute approximate surface area is 125 Å². The number of rotatable bonds is 5. The minimum absolute atomic E-state index is 0.0245. The van der Waals surface area contributed by atoms with Gasteiger partial charge in [-0.1, -0.05) is 29.8 Å². The molecule has 1 aromatic carbocycles. The molecule has 4 heteroatoms. The van der Waals surface area contributed by atoms with Crippen LogP contribution in [0.2, 0.25) is 5.02 Å². The van der Waals surface area contributed by atoms with Crippen LogP contribution in [0, 0.1) is 0 Å². The molecule has 20 heavy (non-hydrogen) atoms. The van der Waals surface area contributed by atoms with E-state index in [4.69, 9.17) is 17.3 Å². The molecular weight excluding hydrogens is 270 g/mol. The summed E-state index contributed by atoms with van der Waals surface area (Å²) in [7, 11) is 2.08. The molecule has 1 aromatic heterocycles. The standard InChI is InChI=1S/C16H20ClN3/c1-12(18)16(14-4-3-9-19-10-14)20(2)11-13-5-7-15(17)8-6-13/h3-10,12,16H,11,18H2,1-2H3. The molecule has 0 bridgehead atoms. The van der Waals surface area contributed by atoms with E-state index in [0.717, 1.165) is 17.1 Å². The van der Waals surface area contributed by atoms with Crippen molar-refractivity contribution in [3.63, 3.8) is 0 Å². The molecule has 0 aliphatic rings. The van der Waals surface area contributed by atoms with Gasteiger partial charge < -0.3 is 5.73 Å².